The molecule has 1 heterocycles. The Labute approximate surface area is 65.5 Å². The van der Waals surface area contributed by atoms with Crippen LogP contribution in [0.3, 0.4) is 0 Å². The summed E-state index contributed by atoms with van der Waals surface area (Å²) in [4.78, 5) is 7.39. The van der Waals surface area contributed by atoms with Crippen LogP contribution < -0.4 is 0 Å². The molecule has 11 heavy (non-hydrogen) atoms. The normalized spacial score (nSPS) is 9.64. The minimum absolute atomic E-state index is 0.532. The van der Waals surface area contributed by atoms with Gasteiger partial charge in [0.1, 0.15) is 0 Å². The molecule has 0 bridgehead atoms. The molecule has 1 aromatic rings. The summed E-state index contributed by atoms with van der Waals surface area (Å²) < 4.78 is 5.19. The van der Waals surface area contributed by atoms with Crippen LogP contribution in [0, 0.1) is 13.8 Å². The SMILES string of the molecule is C=Nc1oc(N=C)c(C)c1C. The molecule has 58 valence electrons. The lowest BCUT2D eigenvalue weighted by Crippen LogP contribution is -1.69. The van der Waals surface area contributed by atoms with E-state index in [0.29, 0.717) is 11.8 Å². The van der Waals surface area contributed by atoms with E-state index in [2.05, 4.69) is 23.4 Å². The molecular weight excluding hydrogens is 140 g/mol. The van der Waals surface area contributed by atoms with E-state index in [1.807, 2.05) is 13.8 Å². The molecule has 0 aliphatic carbocycles. The minimum Gasteiger partial charge on any atom is -0.420 e. The fourth-order valence-corrected chi connectivity index (χ4v) is 0.867. The zero-order valence-corrected chi connectivity index (χ0v) is 6.72. The van der Waals surface area contributed by atoms with Crippen molar-refractivity contribution in [3.8, 4) is 0 Å². The first-order valence-corrected chi connectivity index (χ1v) is 3.24. The van der Waals surface area contributed by atoms with Crippen LogP contribution in [0.15, 0.2) is 14.4 Å². The summed E-state index contributed by atoms with van der Waals surface area (Å²) in [5.74, 6) is 1.06. The largest absolute Gasteiger partial charge is 0.420 e. The first-order valence-electron chi connectivity index (χ1n) is 3.24. The third-order valence-electron chi connectivity index (χ3n) is 1.68. The Hall–Kier alpha value is -1.38. The molecule has 0 amide bonds. The lowest BCUT2D eigenvalue weighted by molar-refractivity contribution is 0.586. The predicted molar refractivity (Wildman–Crippen MR) is 46.6 cm³/mol. The summed E-state index contributed by atoms with van der Waals surface area (Å²) in [7, 11) is 0. The van der Waals surface area contributed by atoms with Gasteiger partial charge in [0.25, 0.3) is 0 Å². The highest BCUT2D eigenvalue weighted by Gasteiger charge is 2.09. The fraction of sp³-hybridized carbons (Fsp3) is 0.250. The Kier molecular flexibility index (Phi) is 1.89. The molecule has 0 saturated carbocycles. The predicted octanol–water partition coefficient (Wildman–Crippen LogP) is 2.56. The first-order chi connectivity index (χ1) is 5.20. The van der Waals surface area contributed by atoms with Crippen molar-refractivity contribution in [2.24, 2.45) is 9.98 Å². The van der Waals surface area contributed by atoms with Crippen molar-refractivity contribution in [1.29, 1.82) is 0 Å². The Morgan fingerprint density at radius 2 is 1.36 bits per heavy atom. The molecule has 0 spiro atoms. The quantitative estimate of drug-likeness (QED) is 0.597. The Morgan fingerprint density at radius 3 is 1.55 bits per heavy atom. The van der Waals surface area contributed by atoms with Crippen LogP contribution in [0.2, 0.25) is 0 Å². The summed E-state index contributed by atoms with van der Waals surface area (Å²) in [5.41, 5.74) is 1.95. The molecule has 1 rings (SSSR count). The smallest absolute Gasteiger partial charge is 0.224 e. The van der Waals surface area contributed by atoms with Crippen molar-refractivity contribution < 1.29 is 4.42 Å². The standard InChI is InChI=1S/C8H10N2O/c1-5-6(2)8(10-4)11-7(5)9-3/h3-4H2,1-2H3. The molecule has 0 atom stereocenters. The van der Waals surface area contributed by atoms with Crippen LogP contribution in [0.1, 0.15) is 11.1 Å². The van der Waals surface area contributed by atoms with Gasteiger partial charge in [0.2, 0.25) is 11.8 Å². The fourth-order valence-electron chi connectivity index (χ4n) is 0.867. The van der Waals surface area contributed by atoms with E-state index in [0.717, 1.165) is 11.1 Å². The molecule has 1 aromatic heterocycles. The lowest BCUT2D eigenvalue weighted by Gasteiger charge is -1.85. The van der Waals surface area contributed by atoms with Crippen LogP contribution in [0.4, 0.5) is 11.8 Å². The van der Waals surface area contributed by atoms with Gasteiger partial charge in [0.05, 0.1) is 0 Å². The molecule has 0 aliphatic rings. The zero-order chi connectivity index (χ0) is 8.43. The Morgan fingerprint density at radius 1 is 1.00 bits per heavy atom. The van der Waals surface area contributed by atoms with Crippen molar-refractivity contribution in [1.82, 2.24) is 0 Å². The molecular formula is C8H10N2O. The summed E-state index contributed by atoms with van der Waals surface area (Å²) >= 11 is 0. The molecule has 3 nitrogen and oxygen atoms in total. The maximum atomic E-state index is 5.19. The van der Waals surface area contributed by atoms with Gasteiger partial charge in [-0.25, -0.2) is 9.98 Å². The maximum absolute atomic E-state index is 5.19. The molecule has 0 radical (unpaired) electrons. The van der Waals surface area contributed by atoms with Crippen LogP contribution in [-0.4, -0.2) is 13.4 Å². The molecule has 3 heteroatoms. The van der Waals surface area contributed by atoms with Crippen molar-refractivity contribution in [3.63, 3.8) is 0 Å². The average molecular weight is 150 g/mol. The van der Waals surface area contributed by atoms with Gasteiger partial charge in [0, 0.05) is 11.1 Å². The van der Waals surface area contributed by atoms with Crippen LogP contribution >= 0.6 is 0 Å². The highest BCUT2D eigenvalue weighted by molar-refractivity contribution is 5.56. The summed E-state index contributed by atoms with van der Waals surface area (Å²) in [5, 5.41) is 0. The van der Waals surface area contributed by atoms with Crippen LogP contribution in [0.5, 0.6) is 0 Å². The van der Waals surface area contributed by atoms with E-state index >= 15 is 0 Å². The van der Waals surface area contributed by atoms with Crippen molar-refractivity contribution in [2.75, 3.05) is 0 Å². The number of hydrogen-bond donors (Lipinski definition) is 0. The van der Waals surface area contributed by atoms with E-state index in [9.17, 15) is 0 Å². The third-order valence-corrected chi connectivity index (χ3v) is 1.68. The second-order valence-corrected chi connectivity index (χ2v) is 2.28. The maximum Gasteiger partial charge on any atom is 0.224 e. The highest BCUT2D eigenvalue weighted by Crippen LogP contribution is 2.32. The van der Waals surface area contributed by atoms with Gasteiger partial charge in [-0.1, -0.05) is 0 Å². The molecule has 0 fully saturated rings. The summed E-state index contributed by atoms with van der Waals surface area (Å²) in [6, 6.07) is 0. The molecule has 0 N–H and O–H groups in total. The summed E-state index contributed by atoms with van der Waals surface area (Å²) in [6.07, 6.45) is 0. The van der Waals surface area contributed by atoms with Crippen molar-refractivity contribution in [2.45, 2.75) is 13.8 Å². The molecule has 0 aromatic carbocycles. The minimum atomic E-state index is 0.532. The molecule has 0 aliphatic heterocycles. The van der Waals surface area contributed by atoms with Gasteiger partial charge in [-0.15, -0.1) is 0 Å². The van der Waals surface area contributed by atoms with Gasteiger partial charge in [-0.2, -0.15) is 0 Å². The number of nitrogens with zero attached hydrogens (tertiary/aromatic N) is 2. The van der Waals surface area contributed by atoms with Gasteiger partial charge in [-0.05, 0) is 27.3 Å². The number of aliphatic imine (C=N–C) groups is 2. The second-order valence-electron chi connectivity index (χ2n) is 2.28. The van der Waals surface area contributed by atoms with Crippen LogP contribution in [0.25, 0.3) is 0 Å². The third kappa shape index (κ3) is 1.09. The number of rotatable bonds is 2. The Bertz CT molecular complexity index is 271. The molecule has 0 unspecified atom stereocenters. The van der Waals surface area contributed by atoms with Gasteiger partial charge in [0.15, 0.2) is 0 Å². The van der Waals surface area contributed by atoms with E-state index in [-0.39, 0.29) is 0 Å². The van der Waals surface area contributed by atoms with E-state index in [1.165, 1.54) is 0 Å². The second kappa shape index (κ2) is 2.70. The van der Waals surface area contributed by atoms with Gasteiger partial charge >= 0.3 is 0 Å². The van der Waals surface area contributed by atoms with Gasteiger partial charge < -0.3 is 4.42 Å². The van der Waals surface area contributed by atoms with Crippen LogP contribution in [-0.2, 0) is 0 Å². The van der Waals surface area contributed by atoms with Crippen molar-refractivity contribution >= 4 is 25.2 Å². The number of furan rings is 1. The Balaban J connectivity index is 3.33. The average Bonchev–Trinajstić information content (AvgIpc) is 2.30. The topological polar surface area (TPSA) is 37.9 Å². The first kappa shape index (κ1) is 7.72. The summed E-state index contributed by atoms with van der Waals surface area (Å²) in [6.45, 7) is 10.6. The lowest BCUT2D eigenvalue weighted by atomic mass is 10.2. The monoisotopic (exact) mass is 150 g/mol. The number of hydrogen-bond acceptors (Lipinski definition) is 3. The van der Waals surface area contributed by atoms with E-state index in [1.54, 1.807) is 0 Å². The van der Waals surface area contributed by atoms with E-state index < -0.39 is 0 Å². The van der Waals surface area contributed by atoms with Gasteiger partial charge in [-0.3, -0.25) is 0 Å². The van der Waals surface area contributed by atoms with E-state index in [4.69, 9.17) is 4.42 Å². The van der Waals surface area contributed by atoms with Crippen molar-refractivity contribution in [3.05, 3.63) is 11.1 Å². The highest BCUT2D eigenvalue weighted by atomic mass is 16.4. The molecule has 0 saturated heterocycles. The zero-order valence-electron chi connectivity index (χ0n) is 6.72.